The predicted molar refractivity (Wildman–Crippen MR) is 499 cm³/mol. The molecular formula is C98H110Cl2N12O15S2. The molecule has 4 aliphatic carbocycles. The van der Waals surface area contributed by atoms with E-state index in [2.05, 4.69) is 101 Å². The number of halogens is 2. The highest BCUT2D eigenvalue weighted by molar-refractivity contribution is 7.90. The van der Waals surface area contributed by atoms with Crippen LogP contribution in [0, 0.1) is 48.8 Å². The summed E-state index contributed by atoms with van der Waals surface area (Å²) < 4.78 is 90.9. The van der Waals surface area contributed by atoms with Gasteiger partial charge in [0.2, 0.25) is 0 Å². The number of amides is 2. The number of nitro benzene ring substituents is 2. The summed E-state index contributed by atoms with van der Waals surface area (Å²) in [6.07, 6.45) is 26.2. The highest BCUT2D eigenvalue weighted by Crippen LogP contribution is 2.48. The largest absolute Gasteiger partial charge is 0.493 e. The summed E-state index contributed by atoms with van der Waals surface area (Å²) in [5.41, 5.74) is 11.5. The van der Waals surface area contributed by atoms with E-state index in [9.17, 15) is 46.7 Å². The lowest BCUT2D eigenvalue weighted by molar-refractivity contribution is -0.386. The predicted octanol–water partition coefficient (Wildman–Crippen LogP) is 20.1. The smallest absolute Gasteiger partial charge is 0.277 e. The number of fused-ring (bicyclic) bond motifs is 4. The molecule has 0 unspecified atom stereocenters. The molecule has 129 heavy (non-hydrogen) atoms. The van der Waals surface area contributed by atoms with E-state index in [1.165, 1.54) is 83.6 Å². The van der Waals surface area contributed by atoms with Gasteiger partial charge in [0, 0.05) is 152 Å². The number of sulfonamides is 2. The van der Waals surface area contributed by atoms with Crippen LogP contribution in [0.1, 0.15) is 180 Å². The van der Waals surface area contributed by atoms with Crippen molar-refractivity contribution < 1.29 is 60.0 Å². The van der Waals surface area contributed by atoms with E-state index in [0.717, 1.165) is 193 Å². The molecular weight excluding hydrogens is 1720 g/mol. The lowest BCUT2D eigenvalue weighted by Gasteiger charge is -2.39. The van der Waals surface area contributed by atoms with Crippen LogP contribution >= 0.6 is 23.2 Å². The average Bonchev–Trinajstić information content (AvgIpc) is 1.67. The molecule has 2 amide bonds. The summed E-state index contributed by atoms with van der Waals surface area (Å²) >= 11 is 12.5. The van der Waals surface area contributed by atoms with Crippen molar-refractivity contribution in [2.24, 2.45) is 28.6 Å². The molecule has 31 heteroatoms. The van der Waals surface area contributed by atoms with Gasteiger partial charge < -0.3 is 43.5 Å². The van der Waals surface area contributed by atoms with Crippen LogP contribution < -0.4 is 38.2 Å². The Morgan fingerprint density at radius 1 is 0.527 bits per heavy atom. The van der Waals surface area contributed by atoms with Crippen LogP contribution in [-0.2, 0) is 37.6 Å². The highest BCUT2D eigenvalue weighted by Gasteiger charge is 2.39. The van der Waals surface area contributed by atoms with Crippen LogP contribution in [0.15, 0.2) is 179 Å². The Hall–Kier alpha value is -10.9. The van der Waals surface area contributed by atoms with Crippen molar-refractivity contribution in [1.82, 2.24) is 39.2 Å². The van der Waals surface area contributed by atoms with Crippen molar-refractivity contribution in [3.8, 4) is 34.5 Å². The number of rotatable bonds is 25. The zero-order valence-electron chi connectivity index (χ0n) is 73.2. The van der Waals surface area contributed by atoms with Crippen molar-refractivity contribution in [2.45, 2.75) is 166 Å². The van der Waals surface area contributed by atoms with Crippen LogP contribution in [0.2, 0.25) is 10.0 Å². The molecule has 4 aromatic heterocycles. The molecule has 0 spiro atoms. The molecule has 2 saturated carbocycles. The number of nitro groups is 2. The summed E-state index contributed by atoms with van der Waals surface area (Å²) in [5.74, 6) is -0.140. The van der Waals surface area contributed by atoms with Gasteiger partial charge in [-0.15, -0.1) is 0 Å². The molecule has 4 aliphatic heterocycles. The van der Waals surface area contributed by atoms with E-state index in [0.29, 0.717) is 65.9 Å². The van der Waals surface area contributed by atoms with Gasteiger partial charge in [0.25, 0.3) is 43.2 Å². The number of piperazine rings is 2. The fourth-order valence-electron chi connectivity index (χ4n) is 19.9. The number of hydrogen-bond donors (Lipinski definition) is 4. The Labute approximate surface area is 762 Å². The third-order valence-electron chi connectivity index (χ3n) is 26.9. The van der Waals surface area contributed by atoms with E-state index >= 15 is 0 Å². The first-order chi connectivity index (χ1) is 62.0. The zero-order chi connectivity index (χ0) is 89.9. The number of nitrogens with zero attached hydrogens (tertiary/aromatic N) is 8. The average molecular weight is 1830 g/mol. The molecule has 8 heterocycles. The van der Waals surface area contributed by atoms with Crippen molar-refractivity contribution in [1.29, 1.82) is 0 Å². The molecule has 18 rings (SSSR count). The molecule has 0 radical (unpaired) electrons. The number of carbonyl (C=O) groups excluding carboxylic acids is 2. The molecule has 2 saturated heterocycles. The van der Waals surface area contributed by atoms with E-state index in [1.807, 2.05) is 36.4 Å². The highest BCUT2D eigenvalue weighted by atomic mass is 35.5. The molecule has 0 bridgehead atoms. The number of allylic oxidation sites excluding steroid dienone is 2. The Bertz CT molecular complexity index is 6170. The number of ether oxygens (including phenoxy) is 5. The maximum absolute atomic E-state index is 14.1. The second-order valence-corrected chi connectivity index (χ2v) is 41.7. The Morgan fingerprint density at radius 2 is 0.953 bits per heavy atom. The number of aromatic nitrogens is 4. The summed E-state index contributed by atoms with van der Waals surface area (Å²) in [6, 6.07) is 38.4. The van der Waals surface area contributed by atoms with E-state index in [4.69, 9.17) is 46.9 Å². The SMILES string of the molecule is CC1(C)CCC(c2ccc(Cl)cc2)=C(CN2CCN(c3ccc(C(=O)NS(=O)(=O)c4cc5c(c([N+](=O)[O-])c4)C[C@@H](CC4CCCCC4)CO5)c(Oc4cnc5[nH]ccc5c4)c3)CC2)C1.CC1(C)CCC(c2ccc(Cl)cc2)=C(CN2CCN(c3ccc(C(=O)NS(=O)(=O)c4cc5c(c([N+](=O)[O-])c4)C[C@H](COC4CCCCC4)CO5)c(Oc4cnc5[nH]ccc5c4)c3)CC2)C1. The number of pyridine rings is 2. The number of benzene rings is 6. The van der Waals surface area contributed by atoms with Crippen LogP contribution in [0.5, 0.6) is 34.5 Å². The normalized spacial score (nSPS) is 19.5. The van der Waals surface area contributed by atoms with Gasteiger partial charge in [-0.05, 0) is 188 Å². The van der Waals surface area contributed by atoms with Crippen molar-refractivity contribution in [2.75, 3.05) is 95.1 Å². The Morgan fingerprint density at radius 3 is 1.40 bits per heavy atom. The summed E-state index contributed by atoms with van der Waals surface area (Å²) in [7, 11) is -9.24. The van der Waals surface area contributed by atoms with Gasteiger partial charge in [0.05, 0.1) is 80.2 Å². The standard InChI is InChI=1S/C49H55ClN6O8S.C49H55ClN6O7S/c1-49(2)16-14-41(33-8-10-36(50)11-9-33)35(27-49)29-54-18-20-55(21-19-54)37-12-13-42(46(24-37)64-39-23-34-15-17-51-47(34)52-28-39)48(57)53-65(60,61)40-25-44(56(58)59)43-22-32(31-63-45(43)26-40)30-62-38-6-4-3-5-7-38;1-49(2)16-14-41(34-8-10-37(50)11-9-34)36(28-49)30-54-18-20-55(21-19-54)38-12-13-42(46(25-38)63-39-24-35-15-17-51-47(35)52-29-39)48(57)53-64(60,61)40-26-44(56(58)59)43-23-33(31-62-45(43)27-40)22-32-6-4-3-5-7-32/h8-13,15,17,23-26,28,32,38H,3-7,14,16,18-22,27,29-31H2,1-2H3,(H,51,52)(H,53,57);8-13,15,17,24-27,29,32-33H,3-7,14,16,18-23,28,30-31H2,1-2H3,(H,51,52)(H,53,57)/t32-;33-/m11/s1. The van der Waals surface area contributed by atoms with Gasteiger partial charge in [-0.3, -0.25) is 39.6 Å². The number of hydrogen-bond acceptors (Lipinski definition) is 21. The fraction of sp³-hybridized carbons (Fsp3) is 0.429. The lowest BCUT2D eigenvalue weighted by Crippen LogP contribution is -2.47. The number of nitrogens with one attached hydrogen (secondary N) is 4. The number of aromatic amines is 2. The first-order valence-electron chi connectivity index (χ1n) is 45.1. The second kappa shape index (κ2) is 38.6. The third-order valence-corrected chi connectivity index (χ3v) is 30.0. The molecule has 678 valence electrons. The van der Waals surface area contributed by atoms with Crippen LogP contribution in [-0.4, -0.2) is 160 Å². The Kier molecular flexibility index (Phi) is 27.0. The molecule has 6 aromatic carbocycles. The van der Waals surface area contributed by atoms with Gasteiger partial charge in [-0.2, -0.15) is 0 Å². The van der Waals surface area contributed by atoms with Crippen molar-refractivity contribution in [3.63, 3.8) is 0 Å². The lowest BCUT2D eigenvalue weighted by atomic mass is 9.72. The fourth-order valence-corrected chi connectivity index (χ4v) is 22.2. The van der Waals surface area contributed by atoms with Gasteiger partial charge in [0.1, 0.15) is 45.8 Å². The van der Waals surface area contributed by atoms with Crippen LogP contribution in [0.3, 0.4) is 0 Å². The minimum atomic E-state index is -4.63. The number of H-pyrrole nitrogens is 2. The van der Waals surface area contributed by atoms with Crippen molar-refractivity contribution >= 4 is 111 Å². The van der Waals surface area contributed by atoms with Crippen LogP contribution in [0.4, 0.5) is 22.7 Å². The molecule has 2 atom stereocenters. The Balaban J connectivity index is 0.000000181. The molecule has 4 N–H and O–H groups in total. The monoisotopic (exact) mass is 1830 g/mol. The number of carbonyl (C=O) groups is 2. The zero-order valence-corrected chi connectivity index (χ0v) is 76.4. The first kappa shape index (κ1) is 90.0. The van der Waals surface area contributed by atoms with Crippen LogP contribution in [0.25, 0.3) is 33.2 Å². The van der Waals surface area contributed by atoms with Gasteiger partial charge in [-0.25, -0.2) is 36.2 Å². The maximum atomic E-state index is 14.1. The molecule has 10 aromatic rings. The molecule has 4 fully saturated rings. The first-order valence-corrected chi connectivity index (χ1v) is 48.8. The summed E-state index contributed by atoms with van der Waals surface area (Å²) in [4.78, 5) is 75.3. The van der Waals surface area contributed by atoms with E-state index < -0.39 is 51.5 Å². The molecule has 27 nitrogen and oxygen atoms in total. The third kappa shape index (κ3) is 21.6. The minimum absolute atomic E-state index is 0.0315. The quantitative estimate of drug-likeness (QED) is 0.0305. The summed E-state index contributed by atoms with van der Waals surface area (Å²) in [6.45, 7) is 18.3. The molecule has 8 aliphatic rings. The van der Waals surface area contributed by atoms with Gasteiger partial charge >= 0.3 is 0 Å². The van der Waals surface area contributed by atoms with Gasteiger partial charge in [0.15, 0.2) is 0 Å². The number of anilines is 2. The van der Waals surface area contributed by atoms with Gasteiger partial charge in [-0.1, -0.05) is 138 Å². The van der Waals surface area contributed by atoms with Crippen molar-refractivity contribution in [3.05, 3.63) is 233 Å². The topological polar surface area (TPSA) is 329 Å². The maximum Gasteiger partial charge on any atom is 0.277 e. The second-order valence-electron chi connectivity index (χ2n) is 37.4. The van der Waals surface area contributed by atoms with E-state index in [-0.39, 0.29) is 80.9 Å². The van der Waals surface area contributed by atoms with E-state index in [1.54, 1.807) is 60.9 Å². The minimum Gasteiger partial charge on any atom is -0.493 e. The summed E-state index contributed by atoms with van der Waals surface area (Å²) in [5, 5.41) is 27.8.